The quantitative estimate of drug-likeness (QED) is 0.902. The predicted molar refractivity (Wildman–Crippen MR) is 98.7 cm³/mol. The zero-order chi connectivity index (χ0) is 16.2. The van der Waals surface area contributed by atoms with Crippen LogP contribution >= 0.6 is 12.4 Å². The first-order valence-electron chi connectivity index (χ1n) is 8.86. The van der Waals surface area contributed by atoms with E-state index in [-0.39, 0.29) is 24.4 Å². The van der Waals surface area contributed by atoms with Crippen LogP contribution in [0.2, 0.25) is 0 Å². The van der Waals surface area contributed by atoms with Crippen molar-refractivity contribution in [1.29, 1.82) is 0 Å². The molecule has 0 saturated carbocycles. The first-order chi connectivity index (χ1) is 11.2. The van der Waals surface area contributed by atoms with Crippen LogP contribution in [0.4, 0.5) is 0 Å². The highest BCUT2D eigenvalue weighted by Crippen LogP contribution is 2.33. The lowest BCUT2D eigenvalue weighted by atomic mass is 9.87. The van der Waals surface area contributed by atoms with E-state index in [0.717, 1.165) is 38.2 Å². The topological polar surface area (TPSA) is 41.6 Å². The molecule has 2 aliphatic rings. The van der Waals surface area contributed by atoms with Crippen LogP contribution in [0.1, 0.15) is 44.2 Å². The predicted octanol–water partition coefficient (Wildman–Crippen LogP) is 3.42. The fourth-order valence-electron chi connectivity index (χ4n) is 3.67. The first kappa shape index (κ1) is 19.1. The molecule has 2 atom stereocenters. The summed E-state index contributed by atoms with van der Waals surface area (Å²) in [5, 5.41) is 3.28. The number of ether oxygens (including phenoxy) is 1. The van der Waals surface area contributed by atoms with Gasteiger partial charge in [-0.1, -0.05) is 31.9 Å². The van der Waals surface area contributed by atoms with E-state index in [9.17, 15) is 4.79 Å². The van der Waals surface area contributed by atoms with Crippen LogP contribution in [0, 0.1) is 11.8 Å². The van der Waals surface area contributed by atoms with E-state index in [1.54, 1.807) is 7.11 Å². The van der Waals surface area contributed by atoms with Gasteiger partial charge in [0, 0.05) is 12.5 Å². The highest BCUT2D eigenvalue weighted by atomic mass is 35.5. The summed E-state index contributed by atoms with van der Waals surface area (Å²) >= 11 is 0. The summed E-state index contributed by atoms with van der Waals surface area (Å²) in [6.07, 6.45) is 4.59. The third-order valence-corrected chi connectivity index (χ3v) is 5.45. The number of hydrogen-bond donors (Lipinski definition) is 1. The van der Waals surface area contributed by atoms with Crippen LogP contribution in [-0.2, 0) is 4.79 Å². The standard InChI is InChI=1S/C19H28N2O2.ClH/c1-14(16-12-20-13-16)19(22)21-11-5-3-4-6-18(21)15-7-9-17(23-2)10-8-15;/h7-10,14,16,18,20H,3-6,11-13H2,1-2H3;1H. The number of rotatable bonds is 4. The minimum atomic E-state index is 0. The monoisotopic (exact) mass is 352 g/mol. The van der Waals surface area contributed by atoms with Crippen LogP contribution in [0.5, 0.6) is 5.75 Å². The average molecular weight is 353 g/mol. The van der Waals surface area contributed by atoms with Gasteiger partial charge < -0.3 is 15.0 Å². The Labute approximate surface area is 151 Å². The van der Waals surface area contributed by atoms with E-state index in [1.807, 2.05) is 12.1 Å². The van der Waals surface area contributed by atoms with E-state index in [2.05, 4.69) is 29.3 Å². The van der Waals surface area contributed by atoms with Crippen LogP contribution in [0.3, 0.4) is 0 Å². The zero-order valence-corrected chi connectivity index (χ0v) is 15.5. The maximum absolute atomic E-state index is 13.1. The number of halogens is 1. The summed E-state index contributed by atoms with van der Waals surface area (Å²) in [6, 6.07) is 8.45. The molecule has 2 heterocycles. The number of hydrogen-bond acceptors (Lipinski definition) is 3. The molecule has 0 bridgehead atoms. The minimum absolute atomic E-state index is 0. The minimum Gasteiger partial charge on any atom is -0.497 e. The number of methoxy groups -OCH3 is 1. The molecule has 4 nitrogen and oxygen atoms in total. The van der Waals surface area contributed by atoms with Gasteiger partial charge in [0.15, 0.2) is 0 Å². The van der Waals surface area contributed by atoms with Crippen molar-refractivity contribution in [3.05, 3.63) is 29.8 Å². The van der Waals surface area contributed by atoms with Crippen molar-refractivity contribution in [2.24, 2.45) is 11.8 Å². The maximum atomic E-state index is 13.1. The van der Waals surface area contributed by atoms with Gasteiger partial charge in [0.2, 0.25) is 5.91 Å². The molecule has 3 rings (SSSR count). The number of nitrogens with zero attached hydrogens (tertiary/aromatic N) is 1. The molecule has 0 radical (unpaired) electrons. The summed E-state index contributed by atoms with van der Waals surface area (Å²) in [4.78, 5) is 15.2. The Bertz CT molecular complexity index is 531. The van der Waals surface area contributed by atoms with Crippen molar-refractivity contribution in [2.75, 3.05) is 26.7 Å². The number of carbonyl (C=O) groups excluding carboxylic acids is 1. The van der Waals surface area contributed by atoms with Crippen LogP contribution in [0.25, 0.3) is 0 Å². The molecule has 0 aliphatic carbocycles. The van der Waals surface area contributed by atoms with Crippen molar-refractivity contribution < 1.29 is 9.53 Å². The van der Waals surface area contributed by atoms with E-state index in [0.29, 0.717) is 11.8 Å². The molecule has 2 fully saturated rings. The third kappa shape index (κ3) is 4.04. The van der Waals surface area contributed by atoms with Gasteiger partial charge >= 0.3 is 0 Å². The third-order valence-electron chi connectivity index (χ3n) is 5.45. The van der Waals surface area contributed by atoms with E-state index in [4.69, 9.17) is 4.74 Å². The molecule has 2 aliphatic heterocycles. The molecule has 24 heavy (non-hydrogen) atoms. The second kappa shape index (κ2) is 8.72. The van der Waals surface area contributed by atoms with Crippen LogP contribution < -0.4 is 10.1 Å². The molecule has 134 valence electrons. The maximum Gasteiger partial charge on any atom is 0.226 e. The Morgan fingerprint density at radius 3 is 2.50 bits per heavy atom. The molecule has 1 aromatic carbocycles. The summed E-state index contributed by atoms with van der Waals surface area (Å²) in [6.45, 7) is 4.95. The van der Waals surface area contributed by atoms with E-state index >= 15 is 0 Å². The number of likely N-dealkylation sites (tertiary alicyclic amines) is 1. The average Bonchev–Trinajstić information content (AvgIpc) is 2.78. The van der Waals surface area contributed by atoms with Crippen molar-refractivity contribution in [3.8, 4) is 5.75 Å². The highest BCUT2D eigenvalue weighted by Gasteiger charge is 2.35. The second-order valence-corrected chi connectivity index (χ2v) is 6.88. The molecule has 1 N–H and O–H groups in total. The summed E-state index contributed by atoms with van der Waals surface area (Å²) < 4.78 is 5.26. The molecule has 1 aromatic rings. The van der Waals surface area contributed by atoms with Crippen LogP contribution in [-0.4, -0.2) is 37.6 Å². The van der Waals surface area contributed by atoms with Gasteiger partial charge in [-0.2, -0.15) is 0 Å². The number of nitrogens with one attached hydrogen (secondary N) is 1. The zero-order valence-electron chi connectivity index (χ0n) is 14.7. The van der Waals surface area contributed by atoms with Crippen molar-refractivity contribution in [1.82, 2.24) is 10.2 Å². The fraction of sp³-hybridized carbons (Fsp3) is 0.632. The second-order valence-electron chi connectivity index (χ2n) is 6.88. The summed E-state index contributed by atoms with van der Waals surface area (Å²) in [7, 11) is 1.69. The summed E-state index contributed by atoms with van der Waals surface area (Å²) in [5.41, 5.74) is 1.24. The van der Waals surface area contributed by atoms with Gasteiger partial charge in [0.1, 0.15) is 5.75 Å². The molecule has 0 aromatic heterocycles. The van der Waals surface area contributed by atoms with Crippen molar-refractivity contribution in [2.45, 2.75) is 38.6 Å². The van der Waals surface area contributed by atoms with Crippen molar-refractivity contribution >= 4 is 18.3 Å². The fourth-order valence-corrected chi connectivity index (χ4v) is 3.67. The Morgan fingerprint density at radius 2 is 1.92 bits per heavy atom. The number of benzene rings is 1. The van der Waals surface area contributed by atoms with Gasteiger partial charge in [0.05, 0.1) is 13.2 Å². The van der Waals surface area contributed by atoms with Crippen LogP contribution in [0.15, 0.2) is 24.3 Å². The largest absolute Gasteiger partial charge is 0.497 e. The van der Waals surface area contributed by atoms with E-state index < -0.39 is 0 Å². The van der Waals surface area contributed by atoms with Gasteiger partial charge in [0.25, 0.3) is 0 Å². The SMILES string of the molecule is COc1ccc(C2CCCCCN2C(=O)C(C)C2CNC2)cc1.Cl. The Kier molecular flexibility index (Phi) is 6.93. The lowest BCUT2D eigenvalue weighted by Gasteiger charge is -2.38. The number of carbonyl (C=O) groups is 1. The number of amides is 1. The Morgan fingerprint density at radius 1 is 1.21 bits per heavy atom. The molecule has 5 heteroatoms. The molecule has 2 saturated heterocycles. The smallest absolute Gasteiger partial charge is 0.226 e. The first-order valence-corrected chi connectivity index (χ1v) is 8.86. The molecular formula is C19H29ClN2O2. The van der Waals surface area contributed by atoms with Crippen molar-refractivity contribution in [3.63, 3.8) is 0 Å². The molecule has 1 amide bonds. The molecular weight excluding hydrogens is 324 g/mol. The highest BCUT2D eigenvalue weighted by molar-refractivity contribution is 5.85. The Balaban J connectivity index is 0.00000208. The van der Waals surface area contributed by atoms with Gasteiger partial charge in [-0.15, -0.1) is 12.4 Å². The lowest BCUT2D eigenvalue weighted by Crippen LogP contribution is -2.51. The summed E-state index contributed by atoms with van der Waals surface area (Å²) in [5.74, 6) is 1.82. The van der Waals surface area contributed by atoms with Gasteiger partial charge in [-0.05, 0) is 49.5 Å². The molecule has 2 unspecified atom stereocenters. The van der Waals surface area contributed by atoms with Gasteiger partial charge in [-0.25, -0.2) is 0 Å². The molecule has 0 spiro atoms. The normalized spacial score (nSPS) is 22.8. The Hall–Kier alpha value is -1.26. The van der Waals surface area contributed by atoms with Gasteiger partial charge in [-0.3, -0.25) is 4.79 Å². The lowest BCUT2D eigenvalue weighted by molar-refractivity contribution is -0.140. The van der Waals surface area contributed by atoms with E-state index in [1.165, 1.54) is 18.4 Å².